The van der Waals surface area contributed by atoms with E-state index in [1.54, 1.807) is 35.7 Å². The molecule has 0 aliphatic rings. The number of thiophene rings is 1. The summed E-state index contributed by atoms with van der Waals surface area (Å²) < 4.78 is 18.3. The molecule has 6 nitrogen and oxygen atoms in total. The van der Waals surface area contributed by atoms with E-state index in [0.717, 1.165) is 12.2 Å². The predicted octanol–water partition coefficient (Wildman–Crippen LogP) is 3.47. The quantitative estimate of drug-likeness (QED) is 0.567. The topological polar surface area (TPSA) is 62.6 Å². The van der Waals surface area contributed by atoms with Gasteiger partial charge in [-0.05, 0) is 34.5 Å². The summed E-state index contributed by atoms with van der Waals surface area (Å²) >= 11 is 1.66. The molecular weight excluding hydrogens is 352 g/mol. The van der Waals surface area contributed by atoms with Crippen LogP contribution in [0.3, 0.4) is 0 Å². The van der Waals surface area contributed by atoms with Gasteiger partial charge in [-0.2, -0.15) is 11.3 Å². The number of aryl methyl sites for hydroxylation is 1. The summed E-state index contributed by atoms with van der Waals surface area (Å²) in [7, 11) is 3.25. The van der Waals surface area contributed by atoms with E-state index in [-0.39, 0.29) is 0 Å². The minimum atomic E-state index is -0.435. The molecule has 0 saturated heterocycles. The molecule has 0 spiro atoms. The largest absolute Gasteiger partial charge is 0.493 e. The molecule has 2 heterocycles. The number of aromatic nitrogens is 2. The van der Waals surface area contributed by atoms with Crippen LogP contribution in [-0.4, -0.2) is 29.2 Å². The predicted molar refractivity (Wildman–Crippen MR) is 98.8 cm³/mol. The molecule has 0 bridgehead atoms. The summed E-state index contributed by atoms with van der Waals surface area (Å²) in [6.07, 6.45) is 4.36. The third-order valence-electron chi connectivity index (χ3n) is 3.83. The van der Waals surface area contributed by atoms with E-state index in [0.29, 0.717) is 30.3 Å². The summed E-state index contributed by atoms with van der Waals surface area (Å²) in [4.78, 5) is 16.1. The molecule has 136 valence electrons. The third-order valence-corrected chi connectivity index (χ3v) is 4.56. The van der Waals surface area contributed by atoms with Gasteiger partial charge in [0.25, 0.3) is 0 Å². The summed E-state index contributed by atoms with van der Waals surface area (Å²) in [5.41, 5.74) is 1.61. The maximum absolute atomic E-state index is 11.9. The lowest BCUT2D eigenvalue weighted by molar-refractivity contribution is 0.0599. The Labute approximate surface area is 156 Å². The normalized spacial score (nSPS) is 10.5. The van der Waals surface area contributed by atoms with Gasteiger partial charge in [0, 0.05) is 31.9 Å². The molecule has 3 aromatic rings. The smallest absolute Gasteiger partial charge is 0.338 e. The molecule has 3 rings (SSSR count). The van der Waals surface area contributed by atoms with Crippen molar-refractivity contribution in [2.24, 2.45) is 7.05 Å². The van der Waals surface area contributed by atoms with E-state index >= 15 is 0 Å². The molecule has 0 N–H and O–H groups in total. The highest BCUT2D eigenvalue weighted by molar-refractivity contribution is 7.07. The van der Waals surface area contributed by atoms with Crippen LogP contribution in [0.2, 0.25) is 0 Å². The molecule has 1 aromatic carbocycles. The van der Waals surface area contributed by atoms with Crippen molar-refractivity contribution in [3.63, 3.8) is 0 Å². The molecular formula is C19H20N2O4S. The number of hydrogen-bond acceptors (Lipinski definition) is 6. The molecule has 7 heteroatoms. The molecule has 0 aliphatic carbocycles. The average Bonchev–Trinajstić information content (AvgIpc) is 3.31. The van der Waals surface area contributed by atoms with Crippen LogP contribution < -0.4 is 9.47 Å². The Hall–Kier alpha value is -2.80. The van der Waals surface area contributed by atoms with Crippen molar-refractivity contribution in [2.45, 2.75) is 13.0 Å². The van der Waals surface area contributed by atoms with Gasteiger partial charge in [0.15, 0.2) is 0 Å². The second kappa shape index (κ2) is 8.53. The first-order valence-corrected chi connectivity index (χ1v) is 9.06. The Kier molecular flexibility index (Phi) is 5.91. The standard InChI is InChI=1S/C19H20N2O4S/c1-21-6-5-20-18(21)12-25-17-10-15(19(22)23-2)9-16(11-17)24-7-3-14-4-8-26-13-14/h4-6,8-11,13H,3,7,12H2,1-2H3. The molecule has 0 fully saturated rings. The number of hydrogen-bond donors (Lipinski definition) is 0. The number of nitrogens with zero attached hydrogens (tertiary/aromatic N) is 2. The second-order valence-electron chi connectivity index (χ2n) is 5.66. The van der Waals surface area contributed by atoms with Gasteiger partial charge in [0.05, 0.1) is 19.3 Å². The lowest BCUT2D eigenvalue weighted by Crippen LogP contribution is -2.07. The number of rotatable bonds is 8. The molecule has 0 unspecified atom stereocenters. The monoisotopic (exact) mass is 372 g/mol. The minimum Gasteiger partial charge on any atom is -0.493 e. The number of carbonyl (C=O) groups is 1. The van der Waals surface area contributed by atoms with Crippen molar-refractivity contribution in [1.82, 2.24) is 9.55 Å². The van der Waals surface area contributed by atoms with Crippen LogP contribution in [0.5, 0.6) is 11.5 Å². The summed E-state index contributed by atoms with van der Waals surface area (Å²) in [6, 6.07) is 7.14. The van der Waals surface area contributed by atoms with E-state index in [1.807, 2.05) is 23.2 Å². The Bertz CT molecular complexity index is 858. The fourth-order valence-electron chi connectivity index (χ4n) is 2.38. The molecule has 26 heavy (non-hydrogen) atoms. The van der Waals surface area contributed by atoms with Gasteiger partial charge in [0.1, 0.15) is 23.9 Å². The molecule has 0 saturated carbocycles. The first kappa shape index (κ1) is 18.0. The summed E-state index contributed by atoms with van der Waals surface area (Å²) in [5, 5.41) is 4.13. The van der Waals surface area contributed by atoms with Crippen LogP contribution >= 0.6 is 11.3 Å². The van der Waals surface area contributed by atoms with E-state index in [9.17, 15) is 4.79 Å². The number of ether oxygens (including phenoxy) is 3. The number of carbonyl (C=O) groups excluding carboxylic acids is 1. The highest BCUT2D eigenvalue weighted by Crippen LogP contribution is 2.24. The zero-order valence-corrected chi connectivity index (χ0v) is 15.5. The Balaban J connectivity index is 1.70. The highest BCUT2D eigenvalue weighted by atomic mass is 32.1. The number of methoxy groups -OCH3 is 1. The van der Waals surface area contributed by atoms with E-state index < -0.39 is 5.97 Å². The number of imidazole rings is 1. The Morgan fingerprint density at radius 1 is 1.23 bits per heavy atom. The Morgan fingerprint density at radius 3 is 2.69 bits per heavy atom. The van der Waals surface area contributed by atoms with Crippen LogP contribution in [0.1, 0.15) is 21.7 Å². The first-order valence-electron chi connectivity index (χ1n) is 8.12. The van der Waals surface area contributed by atoms with Crippen LogP contribution in [0.25, 0.3) is 0 Å². The Morgan fingerprint density at radius 2 is 2.04 bits per heavy atom. The molecule has 0 amide bonds. The lowest BCUT2D eigenvalue weighted by atomic mass is 10.2. The van der Waals surface area contributed by atoms with Gasteiger partial charge in [-0.1, -0.05) is 0 Å². The van der Waals surface area contributed by atoms with Crippen LogP contribution in [0.4, 0.5) is 0 Å². The fourth-order valence-corrected chi connectivity index (χ4v) is 3.08. The van der Waals surface area contributed by atoms with Gasteiger partial charge in [-0.25, -0.2) is 9.78 Å². The van der Waals surface area contributed by atoms with Crippen molar-refractivity contribution in [1.29, 1.82) is 0 Å². The van der Waals surface area contributed by atoms with E-state index in [1.165, 1.54) is 12.7 Å². The van der Waals surface area contributed by atoms with Gasteiger partial charge in [-0.15, -0.1) is 0 Å². The maximum atomic E-state index is 11.9. The zero-order valence-electron chi connectivity index (χ0n) is 14.7. The number of benzene rings is 1. The van der Waals surface area contributed by atoms with Crippen molar-refractivity contribution in [2.75, 3.05) is 13.7 Å². The molecule has 0 atom stereocenters. The lowest BCUT2D eigenvalue weighted by Gasteiger charge is -2.12. The molecule has 2 aromatic heterocycles. The van der Waals surface area contributed by atoms with Crippen molar-refractivity contribution >= 4 is 17.3 Å². The van der Waals surface area contributed by atoms with Gasteiger partial charge in [0.2, 0.25) is 0 Å². The second-order valence-corrected chi connectivity index (χ2v) is 6.44. The van der Waals surface area contributed by atoms with Crippen molar-refractivity contribution < 1.29 is 19.0 Å². The average molecular weight is 372 g/mol. The van der Waals surface area contributed by atoms with Crippen LogP contribution in [-0.2, 0) is 24.8 Å². The zero-order chi connectivity index (χ0) is 18.4. The first-order chi connectivity index (χ1) is 12.7. The fraction of sp³-hybridized carbons (Fsp3) is 0.263. The van der Waals surface area contributed by atoms with Gasteiger partial charge >= 0.3 is 5.97 Å². The van der Waals surface area contributed by atoms with Crippen molar-refractivity contribution in [3.05, 3.63) is 64.4 Å². The molecule has 0 radical (unpaired) electrons. The van der Waals surface area contributed by atoms with Crippen LogP contribution in [0, 0.1) is 0 Å². The maximum Gasteiger partial charge on any atom is 0.338 e. The van der Waals surface area contributed by atoms with Gasteiger partial charge < -0.3 is 18.8 Å². The summed E-state index contributed by atoms with van der Waals surface area (Å²) in [6.45, 7) is 0.808. The van der Waals surface area contributed by atoms with Crippen LogP contribution in [0.15, 0.2) is 47.4 Å². The number of esters is 1. The minimum absolute atomic E-state index is 0.294. The molecule has 0 aliphatic heterocycles. The summed E-state index contributed by atoms with van der Waals surface area (Å²) in [5.74, 6) is 1.45. The highest BCUT2D eigenvalue weighted by Gasteiger charge is 2.11. The van der Waals surface area contributed by atoms with Crippen molar-refractivity contribution in [3.8, 4) is 11.5 Å². The van der Waals surface area contributed by atoms with E-state index in [4.69, 9.17) is 14.2 Å². The SMILES string of the molecule is COC(=O)c1cc(OCCc2ccsc2)cc(OCc2nccn2C)c1. The van der Waals surface area contributed by atoms with E-state index in [2.05, 4.69) is 16.4 Å². The third kappa shape index (κ3) is 4.64. The van der Waals surface area contributed by atoms with Gasteiger partial charge in [-0.3, -0.25) is 0 Å².